The van der Waals surface area contributed by atoms with Gasteiger partial charge in [-0.15, -0.1) is 0 Å². The Morgan fingerprint density at radius 1 is 1.00 bits per heavy atom. The first-order valence-corrected chi connectivity index (χ1v) is 8.54. The zero-order chi connectivity index (χ0) is 17.1. The first-order chi connectivity index (χ1) is 12.2. The van der Waals surface area contributed by atoms with E-state index in [0.717, 1.165) is 27.6 Å². The highest BCUT2D eigenvalue weighted by Gasteiger charge is 2.33. The Labute approximate surface area is 146 Å². The number of aromatic nitrogens is 1. The fourth-order valence-corrected chi connectivity index (χ4v) is 3.92. The van der Waals surface area contributed by atoms with E-state index in [4.69, 9.17) is 4.42 Å². The molecule has 0 saturated heterocycles. The minimum atomic E-state index is 0.216. The van der Waals surface area contributed by atoms with E-state index in [1.807, 2.05) is 12.3 Å². The topological polar surface area (TPSA) is 32.5 Å². The van der Waals surface area contributed by atoms with Crippen LogP contribution in [-0.4, -0.2) is 18.2 Å². The van der Waals surface area contributed by atoms with E-state index in [1.165, 1.54) is 16.9 Å². The molecule has 4 heteroatoms. The third-order valence-electron chi connectivity index (χ3n) is 5.31. The average molecular weight is 329 g/mol. The lowest BCUT2D eigenvalue weighted by Crippen LogP contribution is -2.36. The van der Waals surface area contributed by atoms with E-state index in [9.17, 15) is 0 Å². The van der Waals surface area contributed by atoms with Gasteiger partial charge in [-0.25, -0.2) is 0 Å². The number of para-hydroxylation sites is 2. The summed E-state index contributed by atoms with van der Waals surface area (Å²) < 4.78 is 6.28. The molecule has 1 aliphatic heterocycles. The number of nitrogens with zero attached hydrogens (tertiary/aromatic N) is 3. The molecule has 4 aromatic rings. The number of rotatable bonds is 1. The molecule has 3 heterocycles. The van der Waals surface area contributed by atoms with Crippen molar-refractivity contribution >= 4 is 39.0 Å². The summed E-state index contributed by atoms with van der Waals surface area (Å²) in [4.78, 5) is 8.95. The molecule has 0 bridgehead atoms. The van der Waals surface area contributed by atoms with Crippen molar-refractivity contribution in [2.75, 3.05) is 16.8 Å². The average Bonchev–Trinajstić information content (AvgIpc) is 3.12. The molecule has 0 radical (unpaired) electrons. The van der Waals surface area contributed by atoms with Crippen LogP contribution in [0.4, 0.5) is 17.1 Å². The standard InChI is InChI=1S/C21H19N3O/c1-13-8-9-15-16-12-22-11-10-19(16)25-21(15)20(13)24-14(2)23(3)17-6-4-5-7-18(17)24/h4-12,14H,1-3H3/t14-/m0/s1. The molecule has 1 aliphatic rings. The van der Waals surface area contributed by atoms with Gasteiger partial charge in [0.25, 0.3) is 0 Å². The molecule has 0 spiro atoms. The molecule has 124 valence electrons. The number of furan rings is 1. The van der Waals surface area contributed by atoms with Crippen molar-refractivity contribution in [2.45, 2.75) is 20.0 Å². The highest BCUT2D eigenvalue weighted by atomic mass is 16.3. The molecule has 4 nitrogen and oxygen atoms in total. The predicted molar refractivity (Wildman–Crippen MR) is 103 cm³/mol. The number of hydrogen-bond donors (Lipinski definition) is 0. The summed E-state index contributed by atoms with van der Waals surface area (Å²) in [6.07, 6.45) is 3.88. The Balaban J connectivity index is 1.85. The maximum absolute atomic E-state index is 6.28. The molecule has 2 aromatic carbocycles. The molecular formula is C21H19N3O. The first kappa shape index (κ1) is 14.3. The quantitative estimate of drug-likeness (QED) is 0.479. The second-order valence-electron chi connectivity index (χ2n) is 6.68. The molecule has 0 aliphatic carbocycles. The fraction of sp³-hybridized carbons (Fsp3) is 0.190. The molecular weight excluding hydrogens is 310 g/mol. The van der Waals surface area contributed by atoms with Crippen LogP contribution in [0, 0.1) is 6.92 Å². The smallest absolute Gasteiger partial charge is 0.159 e. The summed E-state index contributed by atoms with van der Waals surface area (Å²) >= 11 is 0. The number of benzene rings is 2. The lowest BCUT2D eigenvalue weighted by atomic mass is 10.1. The van der Waals surface area contributed by atoms with E-state index in [2.05, 4.69) is 72.1 Å². The first-order valence-electron chi connectivity index (χ1n) is 8.54. The lowest BCUT2D eigenvalue weighted by molar-refractivity contribution is 0.661. The Bertz CT molecular complexity index is 1110. The summed E-state index contributed by atoms with van der Waals surface area (Å²) in [5, 5.41) is 2.18. The van der Waals surface area contributed by atoms with Crippen LogP contribution in [0.5, 0.6) is 0 Å². The second kappa shape index (κ2) is 4.99. The van der Waals surface area contributed by atoms with Crippen molar-refractivity contribution in [1.82, 2.24) is 4.98 Å². The molecule has 0 amide bonds. The van der Waals surface area contributed by atoms with E-state index in [-0.39, 0.29) is 6.17 Å². The Hall–Kier alpha value is -3.01. The highest BCUT2D eigenvalue weighted by molar-refractivity contribution is 6.10. The van der Waals surface area contributed by atoms with Gasteiger partial charge in [-0.1, -0.05) is 24.3 Å². The molecule has 0 N–H and O–H groups in total. The molecule has 2 aromatic heterocycles. The number of pyridine rings is 1. The van der Waals surface area contributed by atoms with E-state index in [1.54, 1.807) is 6.20 Å². The van der Waals surface area contributed by atoms with E-state index < -0.39 is 0 Å². The monoisotopic (exact) mass is 329 g/mol. The van der Waals surface area contributed by atoms with Crippen LogP contribution in [-0.2, 0) is 0 Å². The van der Waals surface area contributed by atoms with Gasteiger partial charge in [0.2, 0.25) is 0 Å². The van der Waals surface area contributed by atoms with Crippen LogP contribution in [0.25, 0.3) is 21.9 Å². The van der Waals surface area contributed by atoms with Gasteiger partial charge in [0.15, 0.2) is 5.58 Å². The Kier molecular flexibility index (Phi) is 2.86. The number of anilines is 3. The van der Waals surface area contributed by atoms with Crippen LogP contribution >= 0.6 is 0 Å². The summed E-state index contributed by atoms with van der Waals surface area (Å²) in [5.74, 6) is 0. The Morgan fingerprint density at radius 2 is 1.80 bits per heavy atom. The third-order valence-corrected chi connectivity index (χ3v) is 5.31. The molecule has 0 saturated carbocycles. The van der Waals surface area contributed by atoms with Crippen LogP contribution in [0.15, 0.2) is 59.3 Å². The van der Waals surface area contributed by atoms with Gasteiger partial charge in [0, 0.05) is 30.2 Å². The number of fused-ring (bicyclic) bond motifs is 4. The molecule has 25 heavy (non-hydrogen) atoms. The minimum absolute atomic E-state index is 0.216. The van der Waals surface area contributed by atoms with Crippen LogP contribution in [0.2, 0.25) is 0 Å². The number of aryl methyl sites for hydroxylation is 1. The van der Waals surface area contributed by atoms with Crippen molar-refractivity contribution in [3.05, 3.63) is 60.4 Å². The van der Waals surface area contributed by atoms with Crippen molar-refractivity contribution in [3.63, 3.8) is 0 Å². The maximum Gasteiger partial charge on any atom is 0.159 e. The van der Waals surface area contributed by atoms with E-state index in [0.29, 0.717) is 0 Å². The molecule has 0 fully saturated rings. The largest absolute Gasteiger partial charge is 0.454 e. The molecule has 1 atom stereocenters. The zero-order valence-corrected chi connectivity index (χ0v) is 14.5. The maximum atomic E-state index is 6.28. The van der Waals surface area contributed by atoms with Crippen molar-refractivity contribution in [2.24, 2.45) is 0 Å². The van der Waals surface area contributed by atoms with Gasteiger partial charge >= 0.3 is 0 Å². The highest BCUT2D eigenvalue weighted by Crippen LogP contribution is 2.47. The van der Waals surface area contributed by atoms with Gasteiger partial charge < -0.3 is 14.2 Å². The predicted octanol–water partition coefficient (Wildman–Crippen LogP) is 5.22. The summed E-state index contributed by atoms with van der Waals surface area (Å²) in [6.45, 7) is 4.37. The normalized spacial score (nSPS) is 16.8. The SMILES string of the molecule is Cc1ccc2c(oc3ccncc32)c1N1c2ccccc2N(C)[C@@H]1C. The third kappa shape index (κ3) is 1.85. The van der Waals surface area contributed by atoms with Crippen molar-refractivity contribution in [3.8, 4) is 0 Å². The fourth-order valence-electron chi connectivity index (χ4n) is 3.92. The van der Waals surface area contributed by atoms with Gasteiger partial charge in [-0.3, -0.25) is 4.98 Å². The minimum Gasteiger partial charge on any atom is -0.454 e. The van der Waals surface area contributed by atoms with Crippen LogP contribution in [0.3, 0.4) is 0 Å². The second-order valence-corrected chi connectivity index (χ2v) is 6.68. The lowest BCUT2D eigenvalue weighted by Gasteiger charge is -2.29. The van der Waals surface area contributed by atoms with Crippen molar-refractivity contribution < 1.29 is 4.42 Å². The molecule has 5 rings (SSSR count). The van der Waals surface area contributed by atoms with Gasteiger partial charge in [0.05, 0.1) is 17.1 Å². The summed E-state index contributed by atoms with van der Waals surface area (Å²) in [7, 11) is 2.14. The van der Waals surface area contributed by atoms with Crippen LogP contribution in [0.1, 0.15) is 12.5 Å². The zero-order valence-electron chi connectivity index (χ0n) is 14.5. The molecule has 0 unspecified atom stereocenters. The van der Waals surface area contributed by atoms with Gasteiger partial charge in [-0.2, -0.15) is 0 Å². The van der Waals surface area contributed by atoms with Gasteiger partial charge in [0.1, 0.15) is 11.7 Å². The number of hydrogen-bond acceptors (Lipinski definition) is 4. The summed E-state index contributed by atoms with van der Waals surface area (Å²) in [5.41, 5.74) is 6.61. The van der Waals surface area contributed by atoms with Crippen LogP contribution < -0.4 is 9.80 Å². The Morgan fingerprint density at radius 3 is 2.64 bits per heavy atom. The van der Waals surface area contributed by atoms with Crippen molar-refractivity contribution in [1.29, 1.82) is 0 Å². The summed E-state index contributed by atoms with van der Waals surface area (Å²) in [6, 6.07) is 14.8. The van der Waals surface area contributed by atoms with E-state index >= 15 is 0 Å². The van der Waals surface area contributed by atoms with Gasteiger partial charge in [-0.05, 0) is 37.6 Å².